The molecular formula is C16H23N5O2. The van der Waals surface area contributed by atoms with Gasteiger partial charge in [-0.1, -0.05) is 17.2 Å². The molecule has 1 aromatic carbocycles. The fourth-order valence-corrected chi connectivity index (χ4v) is 2.54. The summed E-state index contributed by atoms with van der Waals surface area (Å²) in [7, 11) is 4.02. The second kappa shape index (κ2) is 8.41. The monoisotopic (exact) mass is 317 g/mol. The summed E-state index contributed by atoms with van der Waals surface area (Å²) in [6.07, 6.45) is 0.463. The number of likely N-dealkylation sites (tertiary alicyclic amines) is 1. The molecule has 1 fully saturated rings. The Kier molecular flexibility index (Phi) is 6.26. The fraction of sp³-hybridized carbons (Fsp3) is 0.562. The molecule has 0 aliphatic carbocycles. The lowest BCUT2D eigenvalue weighted by molar-refractivity contribution is -0.128. The summed E-state index contributed by atoms with van der Waals surface area (Å²) in [6.45, 7) is 3.15. The van der Waals surface area contributed by atoms with Gasteiger partial charge in [-0.25, -0.2) is 0 Å². The first-order valence-corrected chi connectivity index (χ1v) is 7.73. The van der Waals surface area contributed by atoms with Gasteiger partial charge in [0.1, 0.15) is 12.4 Å². The molecule has 0 aromatic heterocycles. The predicted molar refractivity (Wildman–Crippen MR) is 88.0 cm³/mol. The lowest BCUT2D eigenvalue weighted by atomic mass is 10.1. The quantitative estimate of drug-likeness (QED) is 0.419. The summed E-state index contributed by atoms with van der Waals surface area (Å²) in [5, 5.41) is 3.56. The van der Waals surface area contributed by atoms with E-state index in [9.17, 15) is 4.79 Å². The Morgan fingerprint density at radius 1 is 1.39 bits per heavy atom. The Labute approximate surface area is 136 Å². The van der Waals surface area contributed by atoms with Gasteiger partial charge in [0.25, 0.3) is 0 Å². The number of carbonyl (C=O) groups is 1. The highest BCUT2D eigenvalue weighted by Gasteiger charge is 2.28. The van der Waals surface area contributed by atoms with Gasteiger partial charge in [0.2, 0.25) is 5.91 Å². The van der Waals surface area contributed by atoms with Crippen LogP contribution >= 0.6 is 0 Å². The number of amides is 1. The number of hydrogen-bond donors (Lipinski definition) is 0. The maximum Gasteiger partial charge on any atom is 0.223 e. The smallest absolute Gasteiger partial charge is 0.223 e. The van der Waals surface area contributed by atoms with Crippen LogP contribution in [0.2, 0.25) is 0 Å². The second-order valence-corrected chi connectivity index (χ2v) is 6.05. The molecule has 23 heavy (non-hydrogen) atoms. The molecule has 0 saturated carbocycles. The highest BCUT2D eigenvalue weighted by molar-refractivity contribution is 5.78. The molecule has 1 aliphatic heterocycles. The van der Waals surface area contributed by atoms with E-state index in [0.717, 1.165) is 17.9 Å². The van der Waals surface area contributed by atoms with Gasteiger partial charge < -0.3 is 14.5 Å². The minimum Gasteiger partial charge on any atom is -0.492 e. The molecular weight excluding hydrogens is 294 g/mol. The van der Waals surface area contributed by atoms with Crippen LogP contribution in [0.3, 0.4) is 0 Å². The van der Waals surface area contributed by atoms with E-state index in [1.54, 1.807) is 0 Å². The first-order chi connectivity index (χ1) is 11.1. The number of hydrogen-bond acceptors (Lipinski definition) is 4. The number of rotatable bonds is 8. The van der Waals surface area contributed by atoms with E-state index in [1.807, 2.05) is 43.3 Å². The molecule has 1 heterocycles. The lowest BCUT2D eigenvalue weighted by Gasteiger charge is -2.17. The Morgan fingerprint density at radius 3 is 2.78 bits per heavy atom. The van der Waals surface area contributed by atoms with Gasteiger partial charge in [-0.2, -0.15) is 0 Å². The van der Waals surface area contributed by atoms with Gasteiger partial charge in [-0.15, -0.1) is 0 Å². The summed E-state index contributed by atoms with van der Waals surface area (Å²) >= 11 is 0. The summed E-state index contributed by atoms with van der Waals surface area (Å²) in [5.74, 6) is 1.09. The zero-order valence-corrected chi connectivity index (χ0v) is 13.7. The predicted octanol–water partition coefficient (Wildman–Crippen LogP) is 2.29. The summed E-state index contributed by atoms with van der Waals surface area (Å²) in [6, 6.07) is 7.84. The maximum absolute atomic E-state index is 12.0. The summed E-state index contributed by atoms with van der Waals surface area (Å²) < 4.78 is 5.66. The SMILES string of the molecule is CN(C)CCOc1ccc(CN2CC(CN=[N+]=[N-])CC2=O)cc1. The Bertz CT molecular complexity index is 566. The van der Waals surface area contributed by atoms with Gasteiger partial charge in [-0.3, -0.25) is 4.79 Å². The minimum atomic E-state index is 0.120. The number of likely N-dealkylation sites (N-methyl/N-ethyl adjacent to an activating group) is 1. The van der Waals surface area contributed by atoms with Crippen molar-refractivity contribution in [1.82, 2.24) is 9.80 Å². The van der Waals surface area contributed by atoms with E-state index in [-0.39, 0.29) is 11.8 Å². The van der Waals surface area contributed by atoms with E-state index < -0.39 is 0 Å². The Hall–Kier alpha value is -2.24. The van der Waals surface area contributed by atoms with Gasteiger partial charge >= 0.3 is 0 Å². The van der Waals surface area contributed by atoms with E-state index >= 15 is 0 Å². The number of nitrogens with zero attached hydrogens (tertiary/aromatic N) is 5. The van der Waals surface area contributed by atoms with Crippen LogP contribution in [-0.4, -0.2) is 56.0 Å². The van der Waals surface area contributed by atoms with Crippen molar-refractivity contribution in [2.75, 3.05) is 40.3 Å². The molecule has 1 saturated heterocycles. The van der Waals surface area contributed by atoms with Crippen LogP contribution in [0, 0.1) is 5.92 Å². The van der Waals surface area contributed by atoms with E-state index in [4.69, 9.17) is 10.3 Å². The maximum atomic E-state index is 12.0. The standard InChI is InChI=1S/C16H23N5O2/c1-20(2)7-8-23-15-5-3-13(4-6-15)11-21-12-14(9-16(21)22)10-18-19-17/h3-6,14H,7-12H2,1-2H3. The summed E-state index contributed by atoms with van der Waals surface area (Å²) in [4.78, 5) is 18.6. The third-order valence-corrected chi connectivity index (χ3v) is 3.80. The van der Waals surface area contributed by atoms with Crippen molar-refractivity contribution < 1.29 is 9.53 Å². The molecule has 0 N–H and O–H groups in total. The first-order valence-electron chi connectivity index (χ1n) is 7.73. The van der Waals surface area contributed by atoms with Crippen molar-refractivity contribution >= 4 is 5.91 Å². The van der Waals surface area contributed by atoms with Crippen LogP contribution in [0.4, 0.5) is 0 Å². The zero-order valence-electron chi connectivity index (χ0n) is 13.7. The van der Waals surface area contributed by atoms with Crippen LogP contribution in [-0.2, 0) is 11.3 Å². The fourth-order valence-electron chi connectivity index (χ4n) is 2.54. The third-order valence-electron chi connectivity index (χ3n) is 3.80. The second-order valence-electron chi connectivity index (χ2n) is 6.05. The molecule has 1 aliphatic rings. The minimum absolute atomic E-state index is 0.120. The van der Waals surface area contributed by atoms with Crippen molar-refractivity contribution in [3.8, 4) is 5.75 Å². The zero-order chi connectivity index (χ0) is 16.7. The molecule has 2 rings (SSSR count). The van der Waals surface area contributed by atoms with Gasteiger partial charge in [0.05, 0.1) is 0 Å². The third kappa shape index (κ3) is 5.47. The Morgan fingerprint density at radius 2 is 2.13 bits per heavy atom. The Balaban J connectivity index is 1.83. The van der Waals surface area contributed by atoms with E-state index in [1.165, 1.54) is 0 Å². The van der Waals surface area contributed by atoms with Crippen LogP contribution in [0.15, 0.2) is 29.4 Å². The molecule has 0 bridgehead atoms. The molecule has 0 spiro atoms. The van der Waals surface area contributed by atoms with Crippen molar-refractivity contribution in [3.63, 3.8) is 0 Å². The number of azide groups is 1. The van der Waals surface area contributed by atoms with Crippen LogP contribution < -0.4 is 4.74 Å². The van der Waals surface area contributed by atoms with Gasteiger partial charge in [0.15, 0.2) is 0 Å². The van der Waals surface area contributed by atoms with Crippen molar-refractivity contribution in [1.29, 1.82) is 0 Å². The highest BCUT2D eigenvalue weighted by atomic mass is 16.5. The number of ether oxygens (including phenoxy) is 1. The highest BCUT2D eigenvalue weighted by Crippen LogP contribution is 2.21. The van der Waals surface area contributed by atoms with Gasteiger partial charge in [0, 0.05) is 37.5 Å². The average Bonchev–Trinajstić information content (AvgIpc) is 2.86. The normalized spacial score (nSPS) is 17.4. The molecule has 7 nitrogen and oxygen atoms in total. The number of carbonyl (C=O) groups excluding carboxylic acids is 1. The molecule has 1 unspecified atom stereocenters. The van der Waals surface area contributed by atoms with E-state index in [2.05, 4.69) is 14.9 Å². The van der Waals surface area contributed by atoms with Crippen molar-refractivity contribution in [2.45, 2.75) is 13.0 Å². The number of benzene rings is 1. The molecule has 7 heteroatoms. The van der Waals surface area contributed by atoms with Crippen molar-refractivity contribution in [3.05, 3.63) is 40.3 Å². The van der Waals surface area contributed by atoms with E-state index in [0.29, 0.717) is 32.7 Å². The molecule has 0 radical (unpaired) electrons. The van der Waals surface area contributed by atoms with Crippen LogP contribution in [0.25, 0.3) is 10.4 Å². The molecule has 124 valence electrons. The molecule has 1 amide bonds. The molecule has 1 atom stereocenters. The summed E-state index contributed by atoms with van der Waals surface area (Å²) in [5.41, 5.74) is 9.43. The largest absolute Gasteiger partial charge is 0.492 e. The first kappa shape index (κ1) is 17.1. The molecule has 1 aromatic rings. The average molecular weight is 317 g/mol. The topological polar surface area (TPSA) is 81.5 Å². The van der Waals surface area contributed by atoms with Gasteiger partial charge in [-0.05, 0) is 43.2 Å². The lowest BCUT2D eigenvalue weighted by Crippen LogP contribution is -2.24. The van der Waals surface area contributed by atoms with Crippen molar-refractivity contribution in [2.24, 2.45) is 11.0 Å². The van der Waals surface area contributed by atoms with Crippen LogP contribution in [0.1, 0.15) is 12.0 Å². The van der Waals surface area contributed by atoms with Crippen LogP contribution in [0.5, 0.6) is 5.75 Å².